The summed E-state index contributed by atoms with van der Waals surface area (Å²) < 4.78 is 33.7. The van der Waals surface area contributed by atoms with Crippen LogP contribution in [0.3, 0.4) is 0 Å². The Bertz CT molecular complexity index is 937. The number of hydrogen-bond donors (Lipinski definition) is 2. The van der Waals surface area contributed by atoms with Crippen molar-refractivity contribution in [3.8, 4) is 5.75 Å². The number of benzene rings is 2. The molecule has 1 heterocycles. The van der Waals surface area contributed by atoms with Crippen molar-refractivity contribution in [2.75, 3.05) is 32.1 Å². The molecule has 2 aromatic carbocycles. The molecule has 1 fully saturated rings. The lowest BCUT2D eigenvalue weighted by molar-refractivity contribution is -0.114. The number of ether oxygens (including phenoxy) is 1. The minimum atomic E-state index is -3.67. The first-order valence-electron chi connectivity index (χ1n) is 10.1. The Kier molecular flexibility index (Phi) is 7.47. The van der Waals surface area contributed by atoms with Crippen LogP contribution in [0.15, 0.2) is 53.4 Å². The van der Waals surface area contributed by atoms with Gasteiger partial charge in [-0.3, -0.25) is 9.69 Å². The number of sulfonamides is 1. The van der Waals surface area contributed by atoms with Gasteiger partial charge in [-0.15, -0.1) is 0 Å². The Morgan fingerprint density at radius 3 is 2.23 bits per heavy atom. The molecule has 1 atom stereocenters. The summed E-state index contributed by atoms with van der Waals surface area (Å²) in [5, 5.41) is 2.64. The Balaban J connectivity index is 1.75. The second-order valence-corrected chi connectivity index (χ2v) is 9.21. The van der Waals surface area contributed by atoms with Crippen molar-refractivity contribution >= 4 is 21.6 Å². The van der Waals surface area contributed by atoms with Crippen molar-refractivity contribution in [2.45, 2.75) is 37.1 Å². The zero-order valence-corrected chi connectivity index (χ0v) is 18.2. The van der Waals surface area contributed by atoms with Gasteiger partial charge in [0, 0.05) is 25.2 Å². The number of piperidine rings is 1. The third-order valence-corrected chi connectivity index (χ3v) is 6.72. The van der Waals surface area contributed by atoms with Crippen molar-refractivity contribution in [3.05, 3.63) is 54.1 Å². The van der Waals surface area contributed by atoms with Gasteiger partial charge < -0.3 is 10.1 Å². The molecule has 0 saturated carbocycles. The highest BCUT2D eigenvalue weighted by atomic mass is 32.2. The number of nitrogens with one attached hydrogen (secondary N) is 2. The van der Waals surface area contributed by atoms with Gasteiger partial charge in [0.2, 0.25) is 15.9 Å². The lowest BCUT2D eigenvalue weighted by Gasteiger charge is -2.35. The number of hydrogen-bond acceptors (Lipinski definition) is 5. The van der Waals surface area contributed by atoms with Crippen molar-refractivity contribution in [2.24, 2.45) is 0 Å². The normalized spacial score (nSPS) is 16.1. The maximum Gasteiger partial charge on any atom is 0.240 e. The molecule has 30 heavy (non-hydrogen) atoms. The second-order valence-electron chi connectivity index (χ2n) is 7.44. The van der Waals surface area contributed by atoms with Crippen molar-refractivity contribution in [3.63, 3.8) is 0 Å². The van der Waals surface area contributed by atoms with Crippen LogP contribution in [0, 0.1) is 0 Å². The molecule has 8 heteroatoms. The van der Waals surface area contributed by atoms with Gasteiger partial charge in [-0.1, -0.05) is 18.6 Å². The lowest BCUT2D eigenvalue weighted by Crippen LogP contribution is -2.40. The summed E-state index contributed by atoms with van der Waals surface area (Å²) in [4.78, 5) is 13.7. The first-order chi connectivity index (χ1) is 14.4. The van der Waals surface area contributed by atoms with Crippen LogP contribution in [0.25, 0.3) is 0 Å². The van der Waals surface area contributed by atoms with Crippen LogP contribution < -0.4 is 14.8 Å². The third kappa shape index (κ3) is 5.81. The van der Waals surface area contributed by atoms with Gasteiger partial charge in [-0.05, 0) is 67.9 Å². The van der Waals surface area contributed by atoms with Crippen molar-refractivity contribution < 1.29 is 17.9 Å². The highest BCUT2D eigenvalue weighted by molar-refractivity contribution is 7.89. The molecule has 0 bridgehead atoms. The van der Waals surface area contributed by atoms with E-state index in [0.29, 0.717) is 5.69 Å². The predicted molar refractivity (Wildman–Crippen MR) is 117 cm³/mol. The van der Waals surface area contributed by atoms with E-state index in [-0.39, 0.29) is 23.4 Å². The molecule has 1 aliphatic heterocycles. The third-order valence-electron chi connectivity index (χ3n) is 5.28. The quantitative estimate of drug-likeness (QED) is 0.670. The van der Waals surface area contributed by atoms with E-state index < -0.39 is 10.0 Å². The molecule has 1 aliphatic rings. The van der Waals surface area contributed by atoms with Gasteiger partial charge in [0.25, 0.3) is 0 Å². The fraction of sp³-hybridized carbons (Fsp3) is 0.409. The molecule has 0 radical (unpaired) electrons. The molecule has 2 N–H and O–H groups in total. The number of anilines is 1. The number of carbonyl (C=O) groups excluding carboxylic acids is 1. The number of likely N-dealkylation sites (tertiary alicyclic amines) is 1. The SMILES string of the molecule is COc1ccc([C@H](CNS(=O)(=O)c2ccc(NC(C)=O)cc2)N2CCCCC2)cc1. The Morgan fingerprint density at radius 2 is 1.67 bits per heavy atom. The maximum atomic E-state index is 12.8. The zero-order chi connectivity index (χ0) is 21.6. The number of nitrogens with zero attached hydrogens (tertiary/aromatic N) is 1. The largest absolute Gasteiger partial charge is 0.497 e. The van der Waals surface area contributed by atoms with Crippen LogP contribution in [0.5, 0.6) is 5.75 Å². The summed E-state index contributed by atoms with van der Waals surface area (Å²) in [6.45, 7) is 3.59. The van der Waals surface area contributed by atoms with Gasteiger partial charge in [-0.2, -0.15) is 0 Å². The average Bonchev–Trinajstić information content (AvgIpc) is 2.75. The molecule has 0 unspecified atom stereocenters. The second kappa shape index (κ2) is 10.1. The average molecular weight is 432 g/mol. The lowest BCUT2D eigenvalue weighted by atomic mass is 10.0. The highest BCUT2D eigenvalue weighted by Crippen LogP contribution is 2.26. The molecular formula is C22H29N3O4S. The molecule has 3 rings (SSSR count). The van der Waals surface area contributed by atoms with Gasteiger partial charge in [0.1, 0.15) is 5.75 Å². The van der Waals surface area contributed by atoms with E-state index in [1.54, 1.807) is 19.2 Å². The van der Waals surface area contributed by atoms with Crippen LogP contribution in [0.2, 0.25) is 0 Å². The van der Waals surface area contributed by atoms with Crippen LogP contribution in [0.1, 0.15) is 37.8 Å². The van der Waals surface area contributed by atoms with E-state index in [4.69, 9.17) is 4.74 Å². The van der Waals surface area contributed by atoms with Crippen molar-refractivity contribution in [1.29, 1.82) is 0 Å². The van der Waals surface area contributed by atoms with E-state index in [9.17, 15) is 13.2 Å². The molecule has 1 amide bonds. The molecule has 0 aliphatic carbocycles. The summed E-state index contributed by atoms with van der Waals surface area (Å²) >= 11 is 0. The fourth-order valence-electron chi connectivity index (χ4n) is 3.71. The Labute approximate surface area is 178 Å². The van der Waals surface area contributed by atoms with E-state index in [2.05, 4.69) is 14.9 Å². The molecule has 7 nitrogen and oxygen atoms in total. The molecule has 162 valence electrons. The van der Waals surface area contributed by atoms with Gasteiger partial charge >= 0.3 is 0 Å². The molecule has 0 aromatic heterocycles. The van der Waals surface area contributed by atoms with Gasteiger partial charge in [0.15, 0.2) is 0 Å². The summed E-state index contributed by atoms with van der Waals surface area (Å²) in [5.41, 5.74) is 1.62. The highest BCUT2D eigenvalue weighted by Gasteiger charge is 2.25. The number of amides is 1. The van der Waals surface area contributed by atoms with E-state index in [0.717, 1.165) is 37.2 Å². The van der Waals surface area contributed by atoms with E-state index in [1.807, 2.05) is 24.3 Å². The minimum absolute atomic E-state index is 0.0513. The molecule has 2 aromatic rings. The number of methoxy groups -OCH3 is 1. The standard InChI is InChI=1S/C22H29N3O4S/c1-17(26)24-19-8-12-21(13-9-19)30(27,28)23-16-22(25-14-4-3-5-15-25)18-6-10-20(29-2)11-7-18/h6-13,22-23H,3-5,14-16H2,1-2H3,(H,24,26)/t22-/m0/s1. The smallest absolute Gasteiger partial charge is 0.240 e. The topological polar surface area (TPSA) is 87.7 Å². The molecule has 1 saturated heterocycles. The first kappa shape index (κ1) is 22.3. The molecule has 0 spiro atoms. The molecular weight excluding hydrogens is 402 g/mol. The van der Waals surface area contributed by atoms with E-state index in [1.165, 1.54) is 25.5 Å². The summed E-state index contributed by atoms with van der Waals surface area (Å²) in [5.74, 6) is 0.573. The van der Waals surface area contributed by atoms with Crippen LogP contribution in [-0.2, 0) is 14.8 Å². The number of rotatable bonds is 8. The Hall–Kier alpha value is -2.42. The van der Waals surface area contributed by atoms with Crippen LogP contribution in [0.4, 0.5) is 5.69 Å². The van der Waals surface area contributed by atoms with Crippen LogP contribution >= 0.6 is 0 Å². The monoisotopic (exact) mass is 431 g/mol. The zero-order valence-electron chi connectivity index (χ0n) is 17.4. The predicted octanol–water partition coefficient (Wildman–Crippen LogP) is 3.16. The van der Waals surface area contributed by atoms with Crippen molar-refractivity contribution in [1.82, 2.24) is 9.62 Å². The number of carbonyl (C=O) groups is 1. The fourth-order valence-corrected chi connectivity index (χ4v) is 4.74. The summed E-state index contributed by atoms with van der Waals surface area (Å²) in [6, 6.07) is 13.9. The summed E-state index contributed by atoms with van der Waals surface area (Å²) in [7, 11) is -2.05. The Morgan fingerprint density at radius 1 is 1.03 bits per heavy atom. The van der Waals surface area contributed by atoms with Crippen LogP contribution in [-0.4, -0.2) is 46.0 Å². The maximum absolute atomic E-state index is 12.8. The summed E-state index contributed by atoms with van der Waals surface area (Å²) in [6.07, 6.45) is 3.44. The first-order valence-corrected chi connectivity index (χ1v) is 11.6. The van der Waals surface area contributed by atoms with Gasteiger partial charge in [-0.25, -0.2) is 13.1 Å². The van der Waals surface area contributed by atoms with Gasteiger partial charge in [0.05, 0.1) is 12.0 Å². The minimum Gasteiger partial charge on any atom is -0.497 e. The van der Waals surface area contributed by atoms with E-state index >= 15 is 0 Å².